The highest BCUT2D eigenvalue weighted by Crippen LogP contribution is 2.32. The molecule has 0 aliphatic carbocycles. The van der Waals surface area contributed by atoms with Crippen LogP contribution in [0.1, 0.15) is 17.3 Å². The lowest BCUT2D eigenvalue weighted by Crippen LogP contribution is -1.94. The van der Waals surface area contributed by atoms with Crippen molar-refractivity contribution in [1.29, 1.82) is 0 Å². The average Bonchev–Trinajstić information content (AvgIpc) is 1.97. The Labute approximate surface area is 83.3 Å². The largest absolute Gasteiger partial charge is 0.507 e. The summed E-state index contributed by atoms with van der Waals surface area (Å²) < 4.78 is 0.350. The second-order valence-electron chi connectivity index (χ2n) is 2.31. The molecule has 1 N–H and O–H groups in total. The molecule has 0 radical (unpaired) electrons. The second-order valence-corrected chi connectivity index (χ2v) is 3.51. The molecule has 0 aliphatic heterocycles. The molecular weight excluding hydrogens is 243 g/mol. The van der Waals surface area contributed by atoms with Gasteiger partial charge in [0.05, 0.1) is 15.1 Å². The predicted octanol–water partition coefficient (Wildman–Crippen LogP) is 3.01. The topological polar surface area (TPSA) is 37.3 Å². The summed E-state index contributed by atoms with van der Waals surface area (Å²) in [4.78, 5) is 11.0. The van der Waals surface area contributed by atoms with Gasteiger partial charge < -0.3 is 5.11 Å². The van der Waals surface area contributed by atoms with Crippen LogP contribution >= 0.6 is 27.5 Å². The molecule has 0 atom stereocenters. The molecule has 1 aromatic rings. The summed E-state index contributed by atoms with van der Waals surface area (Å²) in [5.41, 5.74) is 0.316. The van der Waals surface area contributed by atoms with E-state index in [9.17, 15) is 9.90 Å². The van der Waals surface area contributed by atoms with E-state index in [-0.39, 0.29) is 11.5 Å². The van der Waals surface area contributed by atoms with Gasteiger partial charge in [0.1, 0.15) is 5.75 Å². The molecule has 4 heteroatoms. The first-order valence-electron chi connectivity index (χ1n) is 3.22. The van der Waals surface area contributed by atoms with Gasteiger partial charge in [-0.2, -0.15) is 0 Å². The van der Waals surface area contributed by atoms with Gasteiger partial charge in [-0.05, 0) is 35.0 Å². The number of phenols is 1. The van der Waals surface area contributed by atoms with Crippen molar-refractivity contribution in [3.63, 3.8) is 0 Å². The zero-order chi connectivity index (χ0) is 9.30. The molecule has 0 spiro atoms. The van der Waals surface area contributed by atoms with E-state index in [2.05, 4.69) is 15.9 Å². The second kappa shape index (κ2) is 3.46. The molecule has 2 nitrogen and oxygen atoms in total. The molecule has 0 saturated carbocycles. The zero-order valence-electron chi connectivity index (χ0n) is 6.27. The fraction of sp³-hybridized carbons (Fsp3) is 0.125. The third kappa shape index (κ3) is 1.62. The fourth-order valence-corrected chi connectivity index (χ4v) is 1.89. The number of phenolic OH excluding ortho intramolecular Hbond substituents is 1. The molecule has 0 saturated heterocycles. The van der Waals surface area contributed by atoms with Crippen LogP contribution in [0.3, 0.4) is 0 Å². The molecule has 1 rings (SSSR count). The summed E-state index contributed by atoms with van der Waals surface area (Å²) in [6.45, 7) is 1.39. The van der Waals surface area contributed by atoms with Gasteiger partial charge in [-0.15, -0.1) is 0 Å². The highest BCUT2D eigenvalue weighted by atomic mass is 79.9. The van der Waals surface area contributed by atoms with E-state index in [0.29, 0.717) is 15.1 Å². The van der Waals surface area contributed by atoms with Gasteiger partial charge in [0.2, 0.25) is 0 Å². The smallest absolute Gasteiger partial charge is 0.162 e. The number of hydrogen-bond acceptors (Lipinski definition) is 2. The Morgan fingerprint density at radius 1 is 1.58 bits per heavy atom. The Kier molecular flexibility index (Phi) is 2.75. The maximum absolute atomic E-state index is 11.0. The minimum atomic E-state index is -0.178. The standard InChI is InChI=1S/C8H6BrClO2/c1-4(11)7-5(10)2-3-6(12)8(7)9/h2-3,12H,1H3. The normalized spacial score (nSPS) is 9.92. The zero-order valence-corrected chi connectivity index (χ0v) is 8.61. The summed E-state index contributed by atoms with van der Waals surface area (Å²) in [5, 5.41) is 9.56. The Hall–Kier alpha value is -0.540. The molecule has 64 valence electrons. The van der Waals surface area contributed by atoms with Gasteiger partial charge in [-0.25, -0.2) is 0 Å². The van der Waals surface area contributed by atoms with Crippen molar-refractivity contribution in [2.24, 2.45) is 0 Å². The van der Waals surface area contributed by atoms with Crippen LogP contribution in [0.2, 0.25) is 5.02 Å². The van der Waals surface area contributed by atoms with Crippen molar-refractivity contribution in [2.75, 3.05) is 0 Å². The molecule has 0 unspecified atom stereocenters. The lowest BCUT2D eigenvalue weighted by molar-refractivity contribution is 0.101. The number of Topliss-reactive ketones (excluding diaryl/α,β-unsaturated/α-hetero) is 1. The van der Waals surface area contributed by atoms with E-state index < -0.39 is 0 Å². The maximum atomic E-state index is 11.0. The van der Waals surface area contributed by atoms with Gasteiger partial charge in [0.15, 0.2) is 5.78 Å². The minimum Gasteiger partial charge on any atom is -0.507 e. The van der Waals surface area contributed by atoms with Gasteiger partial charge >= 0.3 is 0 Å². The highest BCUT2D eigenvalue weighted by molar-refractivity contribution is 9.10. The third-order valence-corrected chi connectivity index (χ3v) is 2.54. The number of halogens is 2. The Bertz CT molecular complexity index is 336. The van der Waals surface area contributed by atoms with Crippen molar-refractivity contribution in [3.05, 3.63) is 27.2 Å². The summed E-state index contributed by atoms with van der Waals surface area (Å²) in [7, 11) is 0. The quantitative estimate of drug-likeness (QED) is 0.777. The highest BCUT2D eigenvalue weighted by Gasteiger charge is 2.12. The van der Waals surface area contributed by atoms with Crippen LogP contribution < -0.4 is 0 Å². The Balaban J connectivity index is 3.43. The summed E-state index contributed by atoms with van der Waals surface area (Å²) >= 11 is 8.81. The molecule has 0 bridgehead atoms. The Morgan fingerprint density at radius 3 is 2.58 bits per heavy atom. The summed E-state index contributed by atoms with van der Waals surface area (Å²) in [6.07, 6.45) is 0. The number of carbonyl (C=O) groups is 1. The Morgan fingerprint density at radius 2 is 2.17 bits per heavy atom. The van der Waals surface area contributed by atoms with Crippen LogP contribution in [-0.2, 0) is 0 Å². The molecule has 0 aliphatic rings. The van der Waals surface area contributed by atoms with Gasteiger partial charge in [0.25, 0.3) is 0 Å². The SMILES string of the molecule is CC(=O)c1c(Cl)ccc(O)c1Br. The number of ketones is 1. The summed E-state index contributed by atoms with van der Waals surface area (Å²) in [6, 6.07) is 2.91. The van der Waals surface area contributed by atoms with Gasteiger partial charge in [-0.1, -0.05) is 11.6 Å². The van der Waals surface area contributed by atoms with Crippen LogP contribution in [-0.4, -0.2) is 10.9 Å². The molecule has 12 heavy (non-hydrogen) atoms. The number of hydrogen-bond donors (Lipinski definition) is 1. The van der Waals surface area contributed by atoms with Crippen LogP contribution in [0.5, 0.6) is 5.75 Å². The number of benzene rings is 1. The van der Waals surface area contributed by atoms with Crippen LogP contribution in [0.25, 0.3) is 0 Å². The number of rotatable bonds is 1. The summed E-state index contributed by atoms with van der Waals surface area (Å²) in [5.74, 6) is -0.160. The molecule has 0 amide bonds. The first-order chi connectivity index (χ1) is 5.54. The monoisotopic (exact) mass is 248 g/mol. The molecule has 0 heterocycles. The van der Waals surface area contributed by atoms with Gasteiger partial charge in [0, 0.05) is 0 Å². The van der Waals surface area contributed by atoms with Crippen molar-refractivity contribution in [1.82, 2.24) is 0 Å². The lowest BCUT2D eigenvalue weighted by atomic mass is 10.1. The fourth-order valence-electron chi connectivity index (χ4n) is 0.864. The molecule has 0 fully saturated rings. The van der Waals surface area contributed by atoms with Gasteiger partial charge in [-0.3, -0.25) is 4.79 Å². The lowest BCUT2D eigenvalue weighted by Gasteiger charge is -2.04. The van der Waals surface area contributed by atoms with Crippen molar-refractivity contribution >= 4 is 33.3 Å². The van der Waals surface area contributed by atoms with E-state index in [1.807, 2.05) is 0 Å². The molecule has 0 aromatic heterocycles. The van der Waals surface area contributed by atoms with E-state index >= 15 is 0 Å². The predicted molar refractivity (Wildman–Crippen MR) is 50.8 cm³/mol. The first kappa shape index (κ1) is 9.55. The van der Waals surface area contributed by atoms with E-state index in [0.717, 1.165) is 0 Å². The van der Waals surface area contributed by atoms with Crippen molar-refractivity contribution in [2.45, 2.75) is 6.92 Å². The number of carbonyl (C=O) groups excluding carboxylic acids is 1. The van der Waals surface area contributed by atoms with Crippen molar-refractivity contribution < 1.29 is 9.90 Å². The van der Waals surface area contributed by atoms with Crippen LogP contribution in [0.15, 0.2) is 16.6 Å². The minimum absolute atomic E-state index is 0.0181. The van der Waals surface area contributed by atoms with E-state index in [1.165, 1.54) is 19.1 Å². The molecular formula is C8H6BrClO2. The first-order valence-corrected chi connectivity index (χ1v) is 4.39. The molecule has 1 aromatic carbocycles. The average molecular weight is 249 g/mol. The van der Waals surface area contributed by atoms with Crippen LogP contribution in [0, 0.1) is 0 Å². The maximum Gasteiger partial charge on any atom is 0.162 e. The van der Waals surface area contributed by atoms with Crippen molar-refractivity contribution in [3.8, 4) is 5.75 Å². The van der Waals surface area contributed by atoms with Crippen LogP contribution in [0.4, 0.5) is 0 Å². The van der Waals surface area contributed by atoms with E-state index in [1.54, 1.807) is 0 Å². The number of aromatic hydroxyl groups is 1. The van der Waals surface area contributed by atoms with E-state index in [4.69, 9.17) is 11.6 Å². The third-order valence-electron chi connectivity index (χ3n) is 1.42.